The lowest BCUT2D eigenvalue weighted by Gasteiger charge is -2.30. The minimum atomic E-state index is 1.09. The summed E-state index contributed by atoms with van der Waals surface area (Å²) >= 11 is 0. The van der Waals surface area contributed by atoms with Gasteiger partial charge in [-0.25, -0.2) is 0 Å². The average Bonchev–Trinajstić information content (AvgIpc) is 3.66. The Morgan fingerprint density at radius 3 is 1.72 bits per heavy atom. The van der Waals surface area contributed by atoms with Gasteiger partial charge in [-0.05, 0) is 161 Å². The Hall–Kier alpha value is -8.14. The topological polar surface area (TPSA) is 11.4 Å². The molecule has 0 saturated carbocycles. The van der Waals surface area contributed by atoms with E-state index in [-0.39, 0.29) is 0 Å². The van der Waals surface area contributed by atoms with E-state index in [1.165, 1.54) is 66.0 Å². The predicted octanol–water partition coefficient (Wildman–Crippen LogP) is 17.1. The lowest BCUT2D eigenvalue weighted by atomic mass is 9.96. The van der Waals surface area contributed by atoms with Crippen LogP contribution in [0.1, 0.15) is 16.7 Å². The fourth-order valence-electron chi connectivity index (χ4n) is 9.54. The van der Waals surface area contributed by atoms with Crippen LogP contribution in [0.5, 0.6) is 0 Å². The maximum Gasteiger partial charge on any atom is 0.0547 e. The quantitative estimate of drug-likeness (QED) is 0.144. The van der Waals surface area contributed by atoms with E-state index in [0.717, 1.165) is 45.4 Å². The maximum atomic E-state index is 2.44. The number of hydrogen-bond acceptors (Lipinski definition) is 2. The number of fused-ring (bicyclic) bond motifs is 4. The monoisotopic (exact) mass is 821 g/mol. The van der Waals surface area contributed by atoms with Gasteiger partial charge in [0.25, 0.3) is 0 Å². The van der Waals surface area contributed by atoms with Gasteiger partial charge in [0, 0.05) is 50.6 Å². The van der Waals surface area contributed by atoms with Gasteiger partial charge in [-0.1, -0.05) is 140 Å². The fraction of sp³-hybridized carbons (Fsp3) is 0.0492. The van der Waals surface area contributed by atoms with E-state index in [0.29, 0.717) is 0 Å². The number of rotatable bonds is 9. The smallest absolute Gasteiger partial charge is 0.0547 e. The third-order valence-electron chi connectivity index (χ3n) is 12.5. The van der Waals surface area contributed by atoms with Crippen LogP contribution in [0.2, 0.25) is 0 Å². The number of aryl methyl sites for hydroxylation is 3. The number of para-hydroxylation sites is 3. The van der Waals surface area contributed by atoms with Gasteiger partial charge >= 0.3 is 0 Å². The summed E-state index contributed by atoms with van der Waals surface area (Å²) in [6, 6.07) is 84.0. The van der Waals surface area contributed by atoms with Crippen molar-refractivity contribution in [2.75, 3.05) is 9.80 Å². The van der Waals surface area contributed by atoms with E-state index in [4.69, 9.17) is 0 Å². The number of anilines is 6. The molecule has 0 unspecified atom stereocenters. The summed E-state index contributed by atoms with van der Waals surface area (Å²) in [7, 11) is 0. The number of benzene rings is 10. The number of hydrogen-bond donors (Lipinski definition) is 0. The highest BCUT2D eigenvalue weighted by molar-refractivity contribution is 6.12. The molecule has 0 bridgehead atoms. The zero-order valence-electron chi connectivity index (χ0n) is 36.3. The van der Waals surface area contributed by atoms with Gasteiger partial charge in [0.1, 0.15) is 0 Å². The van der Waals surface area contributed by atoms with Crippen molar-refractivity contribution in [2.24, 2.45) is 0 Å². The molecular formula is C61H47N3. The van der Waals surface area contributed by atoms with Crippen molar-refractivity contribution in [1.29, 1.82) is 0 Å². The SMILES string of the molecule is Cc1cc(N(c2ccccc2)c2ccc(-c3ccc4c5cc(-c6cccc7ccccc67)ccc5n(-c5cccc(C)c5)c4c3)cc2)cc(N(c2ccccc2)c2ccccc2C)c1. The standard InChI is InChI=1S/C61H47N3/c1-42-16-14-24-52(36-42)64-60-35-31-48(56-26-15-19-46-18-11-12-25-55(46)56)39-58(60)57-34-30-47(40-61(57)64)45-28-32-51(33-29-45)62(49-20-6-4-7-21-49)53-37-43(2)38-54(41-53)63(50-22-8-5-9-23-50)59-27-13-10-17-44(59)3/h4-41H,1-3H3. The third kappa shape index (κ3) is 7.07. The molecule has 10 aromatic carbocycles. The van der Waals surface area contributed by atoms with E-state index in [9.17, 15) is 0 Å². The summed E-state index contributed by atoms with van der Waals surface area (Å²) in [4.78, 5) is 4.74. The lowest BCUT2D eigenvalue weighted by molar-refractivity contribution is 1.17. The summed E-state index contributed by atoms with van der Waals surface area (Å²) in [5.41, 5.74) is 18.6. The van der Waals surface area contributed by atoms with E-state index in [1.54, 1.807) is 0 Å². The first-order valence-electron chi connectivity index (χ1n) is 22.1. The first kappa shape index (κ1) is 38.8. The summed E-state index contributed by atoms with van der Waals surface area (Å²) in [6.07, 6.45) is 0. The third-order valence-corrected chi connectivity index (χ3v) is 12.5. The maximum absolute atomic E-state index is 2.44. The summed E-state index contributed by atoms with van der Waals surface area (Å²) in [6.45, 7) is 6.54. The molecule has 3 heteroatoms. The van der Waals surface area contributed by atoms with Gasteiger partial charge in [0.05, 0.1) is 11.0 Å². The van der Waals surface area contributed by atoms with Crippen molar-refractivity contribution in [3.05, 3.63) is 247 Å². The Morgan fingerprint density at radius 2 is 0.953 bits per heavy atom. The van der Waals surface area contributed by atoms with Gasteiger partial charge in [0.15, 0.2) is 0 Å². The molecular weight excluding hydrogens is 775 g/mol. The Bertz CT molecular complexity index is 3470. The number of nitrogens with zero attached hydrogens (tertiary/aromatic N) is 3. The van der Waals surface area contributed by atoms with Crippen molar-refractivity contribution in [1.82, 2.24) is 4.57 Å². The second kappa shape index (κ2) is 16.3. The second-order valence-electron chi connectivity index (χ2n) is 16.9. The van der Waals surface area contributed by atoms with Crippen LogP contribution in [0.15, 0.2) is 231 Å². The molecule has 11 aromatic rings. The van der Waals surface area contributed by atoms with Crippen LogP contribution >= 0.6 is 0 Å². The van der Waals surface area contributed by atoms with Crippen LogP contribution in [0.4, 0.5) is 34.1 Å². The normalized spacial score (nSPS) is 11.4. The van der Waals surface area contributed by atoms with E-state index in [1.807, 2.05) is 0 Å². The molecule has 0 aliphatic heterocycles. The van der Waals surface area contributed by atoms with Crippen molar-refractivity contribution < 1.29 is 0 Å². The minimum Gasteiger partial charge on any atom is -0.310 e. The van der Waals surface area contributed by atoms with Gasteiger partial charge in [-0.15, -0.1) is 0 Å². The van der Waals surface area contributed by atoms with Crippen LogP contribution in [0.25, 0.3) is 60.5 Å². The van der Waals surface area contributed by atoms with Gasteiger partial charge in [0.2, 0.25) is 0 Å². The van der Waals surface area contributed by atoms with Crippen LogP contribution in [-0.2, 0) is 0 Å². The van der Waals surface area contributed by atoms with Crippen LogP contribution in [0.3, 0.4) is 0 Å². The molecule has 0 atom stereocenters. The Morgan fingerprint density at radius 1 is 0.328 bits per heavy atom. The van der Waals surface area contributed by atoms with Crippen LogP contribution in [0, 0.1) is 20.8 Å². The van der Waals surface area contributed by atoms with E-state index in [2.05, 4.69) is 266 Å². The average molecular weight is 822 g/mol. The summed E-state index contributed by atoms with van der Waals surface area (Å²) < 4.78 is 2.44. The highest BCUT2D eigenvalue weighted by Crippen LogP contribution is 2.43. The first-order chi connectivity index (χ1) is 31.5. The molecule has 0 radical (unpaired) electrons. The van der Waals surface area contributed by atoms with Gasteiger partial charge in [-0.2, -0.15) is 0 Å². The second-order valence-corrected chi connectivity index (χ2v) is 16.9. The molecule has 1 heterocycles. The Balaban J connectivity index is 1.02. The molecule has 64 heavy (non-hydrogen) atoms. The molecule has 1 aromatic heterocycles. The molecule has 0 spiro atoms. The highest BCUT2D eigenvalue weighted by Gasteiger charge is 2.20. The van der Waals surface area contributed by atoms with Crippen molar-refractivity contribution in [2.45, 2.75) is 20.8 Å². The minimum absolute atomic E-state index is 1.09. The number of aromatic nitrogens is 1. The molecule has 0 aliphatic carbocycles. The van der Waals surface area contributed by atoms with E-state index < -0.39 is 0 Å². The molecule has 0 aliphatic rings. The van der Waals surface area contributed by atoms with E-state index >= 15 is 0 Å². The molecule has 0 saturated heterocycles. The summed E-state index contributed by atoms with van der Waals surface area (Å²) in [5.74, 6) is 0. The summed E-state index contributed by atoms with van der Waals surface area (Å²) in [5, 5.41) is 5.00. The van der Waals surface area contributed by atoms with Crippen molar-refractivity contribution in [3.8, 4) is 27.9 Å². The molecule has 11 rings (SSSR count). The zero-order chi connectivity index (χ0) is 43.1. The molecule has 0 fully saturated rings. The zero-order valence-corrected chi connectivity index (χ0v) is 36.3. The lowest BCUT2D eigenvalue weighted by Crippen LogP contribution is -2.14. The van der Waals surface area contributed by atoms with Gasteiger partial charge in [-0.3, -0.25) is 0 Å². The van der Waals surface area contributed by atoms with Crippen molar-refractivity contribution in [3.63, 3.8) is 0 Å². The fourth-order valence-corrected chi connectivity index (χ4v) is 9.54. The highest BCUT2D eigenvalue weighted by atomic mass is 15.2. The Kier molecular flexibility index (Phi) is 9.86. The molecule has 0 amide bonds. The molecule has 0 N–H and O–H groups in total. The van der Waals surface area contributed by atoms with Crippen molar-refractivity contribution >= 4 is 66.7 Å². The Labute approximate surface area is 375 Å². The van der Waals surface area contributed by atoms with Crippen LogP contribution < -0.4 is 9.80 Å². The molecule has 306 valence electrons. The van der Waals surface area contributed by atoms with Gasteiger partial charge < -0.3 is 14.4 Å². The predicted molar refractivity (Wildman–Crippen MR) is 273 cm³/mol. The molecule has 3 nitrogen and oxygen atoms in total. The first-order valence-corrected chi connectivity index (χ1v) is 22.1. The van der Waals surface area contributed by atoms with Crippen LogP contribution in [-0.4, -0.2) is 4.57 Å². The largest absolute Gasteiger partial charge is 0.310 e.